The quantitative estimate of drug-likeness (QED) is 0.776. The third-order valence-corrected chi connectivity index (χ3v) is 4.25. The highest BCUT2D eigenvalue weighted by Gasteiger charge is 2.31. The van der Waals surface area contributed by atoms with Crippen LogP contribution >= 0.6 is 0 Å². The molecule has 1 aromatic carbocycles. The maximum Gasteiger partial charge on any atom is 0.229 e. The van der Waals surface area contributed by atoms with Gasteiger partial charge in [-0.05, 0) is 37.0 Å². The van der Waals surface area contributed by atoms with Crippen LogP contribution in [0.25, 0.3) is 0 Å². The Kier molecular flexibility index (Phi) is 3.63. The Hall–Kier alpha value is -1.95. The van der Waals surface area contributed by atoms with E-state index in [-0.39, 0.29) is 29.5 Å². The first-order valence-corrected chi connectivity index (χ1v) is 7.23. The normalized spacial score (nSPS) is 24.4. The van der Waals surface area contributed by atoms with Crippen LogP contribution in [0.5, 0.6) is 0 Å². The molecule has 0 saturated heterocycles. The van der Waals surface area contributed by atoms with E-state index in [2.05, 4.69) is 10.6 Å². The Morgan fingerprint density at radius 1 is 1.33 bits per heavy atom. The molecule has 0 radical (unpaired) electrons. The zero-order valence-corrected chi connectivity index (χ0v) is 11.6. The van der Waals surface area contributed by atoms with E-state index in [9.17, 15) is 14.0 Å². The van der Waals surface area contributed by atoms with Crippen molar-refractivity contribution >= 4 is 23.2 Å². The Balaban J connectivity index is 1.80. The number of hydrogen-bond donors (Lipinski definition) is 3. The number of nitrogens with one attached hydrogen (secondary N) is 2. The minimum atomic E-state index is -0.482. The van der Waals surface area contributed by atoms with Crippen molar-refractivity contribution in [2.24, 2.45) is 11.7 Å². The van der Waals surface area contributed by atoms with Gasteiger partial charge in [-0.25, -0.2) is 4.39 Å². The molecule has 112 valence electrons. The highest BCUT2D eigenvalue weighted by molar-refractivity contribution is 5.97. The van der Waals surface area contributed by atoms with Gasteiger partial charge in [-0.2, -0.15) is 0 Å². The van der Waals surface area contributed by atoms with Gasteiger partial charge in [-0.1, -0.05) is 6.42 Å². The summed E-state index contributed by atoms with van der Waals surface area (Å²) in [5.74, 6) is -1.09. The van der Waals surface area contributed by atoms with Gasteiger partial charge in [-0.15, -0.1) is 0 Å². The minimum Gasteiger partial charge on any atom is -0.327 e. The molecule has 6 heteroatoms. The summed E-state index contributed by atoms with van der Waals surface area (Å²) in [5, 5.41) is 5.30. The molecule has 0 bridgehead atoms. The van der Waals surface area contributed by atoms with E-state index in [4.69, 9.17) is 5.73 Å². The number of carbonyl (C=O) groups is 2. The topological polar surface area (TPSA) is 84.2 Å². The molecule has 5 nitrogen and oxygen atoms in total. The Morgan fingerprint density at radius 3 is 2.86 bits per heavy atom. The molecule has 1 saturated carbocycles. The summed E-state index contributed by atoms with van der Waals surface area (Å²) in [6.45, 7) is 0. The molecule has 2 atom stereocenters. The number of carbonyl (C=O) groups excluding carboxylic acids is 2. The van der Waals surface area contributed by atoms with Crippen molar-refractivity contribution in [3.63, 3.8) is 0 Å². The summed E-state index contributed by atoms with van der Waals surface area (Å²) in [7, 11) is 0. The van der Waals surface area contributed by atoms with Crippen molar-refractivity contribution < 1.29 is 14.0 Å². The molecular weight excluding hydrogens is 273 g/mol. The maximum absolute atomic E-state index is 14.1. The zero-order chi connectivity index (χ0) is 15.0. The molecule has 0 aromatic heterocycles. The van der Waals surface area contributed by atoms with Crippen LogP contribution in [0.3, 0.4) is 0 Å². The van der Waals surface area contributed by atoms with Crippen LogP contribution < -0.4 is 16.4 Å². The van der Waals surface area contributed by atoms with E-state index in [1.807, 2.05) is 0 Å². The summed E-state index contributed by atoms with van der Waals surface area (Å²) >= 11 is 0. The van der Waals surface area contributed by atoms with Crippen LogP contribution in [-0.2, 0) is 16.0 Å². The first-order chi connectivity index (χ1) is 10.0. The lowest BCUT2D eigenvalue weighted by Crippen LogP contribution is -2.34. The first kappa shape index (κ1) is 14.0. The lowest BCUT2D eigenvalue weighted by molar-refractivity contribution is -0.120. The van der Waals surface area contributed by atoms with Gasteiger partial charge in [0.1, 0.15) is 5.82 Å². The summed E-state index contributed by atoms with van der Waals surface area (Å²) in [6.07, 6.45) is 3.34. The number of rotatable bonds is 2. The fourth-order valence-corrected chi connectivity index (χ4v) is 3.03. The molecule has 1 heterocycles. The molecule has 21 heavy (non-hydrogen) atoms. The van der Waals surface area contributed by atoms with Crippen molar-refractivity contribution in [2.45, 2.75) is 38.1 Å². The number of fused-ring (bicyclic) bond motifs is 1. The fraction of sp³-hybridized carbons (Fsp3) is 0.467. The van der Waals surface area contributed by atoms with Crippen molar-refractivity contribution in [3.05, 3.63) is 23.5 Å². The van der Waals surface area contributed by atoms with Gasteiger partial charge in [0.2, 0.25) is 11.8 Å². The predicted octanol–water partition coefficient (Wildman–Crippen LogP) is 1.78. The molecule has 2 amide bonds. The molecule has 1 aromatic rings. The second kappa shape index (κ2) is 5.44. The molecule has 2 unspecified atom stereocenters. The molecule has 1 aliphatic heterocycles. The summed E-state index contributed by atoms with van der Waals surface area (Å²) in [6, 6.07) is 2.70. The number of halogens is 1. The van der Waals surface area contributed by atoms with Crippen LogP contribution in [0, 0.1) is 11.7 Å². The zero-order valence-electron chi connectivity index (χ0n) is 11.6. The minimum absolute atomic E-state index is 0.0933. The van der Waals surface area contributed by atoms with E-state index in [0.717, 1.165) is 24.8 Å². The van der Waals surface area contributed by atoms with Crippen molar-refractivity contribution in [3.8, 4) is 0 Å². The van der Waals surface area contributed by atoms with Gasteiger partial charge in [0.15, 0.2) is 0 Å². The Labute approximate surface area is 122 Å². The fourth-order valence-electron chi connectivity index (χ4n) is 3.03. The predicted molar refractivity (Wildman–Crippen MR) is 77.3 cm³/mol. The van der Waals surface area contributed by atoms with Gasteiger partial charge in [0, 0.05) is 18.2 Å². The highest BCUT2D eigenvalue weighted by atomic mass is 19.1. The van der Waals surface area contributed by atoms with Gasteiger partial charge >= 0.3 is 0 Å². The first-order valence-electron chi connectivity index (χ1n) is 7.23. The van der Waals surface area contributed by atoms with Crippen LogP contribution in [-0.4, -0.2) is 17.9 Å². The average molecular weight is 291 g/mol. The van der Waals surface area contributed by atoms with E-state index < -0.39 is 5.82 Å². The smallest absolute Gasteiger partial charge is 0.229 e. The largest absolute Gasteiger partial charge is 0.327 e. The van der Waals surface area contributed by atoms with Crippen LogP contribution in [0.4, 0.5) is 15.8 Å². The van der Waals surface area contributed by atoms with Crippen molar-refractivity contribution in [1.82, 2.24) is 0 Å². The summed E-state index contributed by atoms with van der Waals surface area (Å²) < 4.78 is 14.1. The van der Waals surface area contributed by atoms with Gasteiger partial charge < -0.3 is 16.4 Å². The molecule has 2 aliphatic rings. The van der Waals surface area contributed by atoms with Gasteiger partial charge in [0.25, 0.3) is 0 Å². The lowest BCUT2D eigenvalue weighted by atomic mass is 10.0. The van der Waals surface area contributed by atoms with Crippen molar-refractivity contribution in [1.29, 1.82) is 0 Å². The number of nitrogens with two attached hydrogens (primary N) is 1. The van der Waals surface area contributed by atoms with E-state index in [1.165, 1.54) is 12.1 Å². The number of aryl methyl sites for hydroxylation is 1. The van der Waals surface area contributed by atoms with Crippen LogP contribution in [0.1, 0.15) is 31.2 Å². The number of amides is 2. The standard InChI is InChI=1S/C15H18FN3O2/c16-10-6-8-4-5-14(20)18-12(8)7-13(10)19-15(21)9-2-1-3-11(9)17/h6-7,9,11H,1-5,17H2,(H,18,20)(H,19,21). The van der Waals surface area contributed by atoms with E-state index in [0.29, 0.717) is 18.5 Å². The van der Waals surface area contributed by atoms with Crippen LogP contribution in [0.15, 0.2) is 12.1 Å². The second-order valence-electron chi connectivity index (χ2n) is 5.73. The van der Waals surface area contributed by atoms with Gasteiger partial charge in [-0.3, -0.25) is 9.59 Å². The Bertz CT molecular complexity index is 603. The third-order valence-electron chi connectivity index (χ3n) is 4.25. The molecule has 3 rings (SSSR count). The SMILES string of the molecule is NC1CCCC1C(=O)Nc1cc2c(cc1F)CCC(=O)N2. The molecular formula is C15H18FN3O2. The van der Waals surface area contributed by atoms with E-state index >= 15 is 0 Å². The number of benzene rings is 1. The number of hydrogen-bond acceptors (Lipinski definition) is 3. The van der Waals surface area contributed by atoms with Gasteiger partial charge in [0.05, 0.1) is 11.6 Å². The second-order valence-corrected chi connectivity index (χ2v) is 5.73. The molecule has 1 aliphatic carbocycles. The Morgan fingerprint density at radius 2 is 2.14 bits per heavy atom. The lowest BCUT2D eigenvalue weighted by Gasteiger charge is -2.20. The molecule has 1 fully saturated rings. The molecule has 4 N–H and O–H groups in total. The third kappa shape index (κ3) is 2.76. The summed E-state index contributed by atoms with van der Waals surface area (Å²) in [4.78, 5) is 23.6. The van der Waals surface area contributed by atoms with Crippen molar-refractivity contribution in [2.75, 3.05) is 10.6 Å². The highest BCUT2D eigenvalue weighted by Crippen LogP contribution is 2.30. The summed E-state index contributed by atoms with van der Waals surface area (Å²) in [5.41, 5.74) is 7.31. The molecule has 0 spiro atoms. The number of anilines is 2. The maximum atomic E-state index is 14.1. The van der Waals surface area contributed by atoms with Crippen LogP contribution in [0.2, 0.25) is 0 Å². The monoisotopic (exact) mass is 291 g/mol. The van der Waals surface area contributed by atoms with E-state index in [1.54, 1.807) is 0 Å². The average Bonchev–Trinajstić information content (AvgIpc) is 2.86.